The van der Waals surface area contributed by atoms with Gasteiger partial charge in [-0.25, -0.2) is 0 Å². The molecule has 1 atom stereocenters. The zero-order chi connectivity index (χ0) is 10.9. The van der Waals surface area contributed by atoms with Gasteiger partial charge >= 0.3 is 0 Å². The Morgan fingerprint density at radius 1 is 1.36 bits per heavy atom. The second-order valence-electron chi connectivity index (χ2n) is 4.49. The van der Waals surface area contributed by atoms with Gasteiger partial charge in [-0.15, -0.1) is 0 Å². The Morgan fingerprint density at radius 2 is 1.93 bits per heavy atom. The van der Waals surface area contributed by atoms with Crippen LogP contribution in [0.15, 0.2) is 18.2 Å². The van der Waals surface area contributed by atoms with Crippen molar-refractivity contribution in [1.82, 2.24) is 0 Å². The zero-order valence-electron chi connectivity index (χ0n) is 8.64. The maximum absolute atomic E-state index is 6.21. The molecule has 0 saturated carbocycles. The predicted octanol–water partition coefficient (Wildman–Crippen LogP) is 3.99. The molecule has 14 heavy (non-hydrogen) atoms. The van der Waals surface area contributed by atoms with Crippen molar-refractivity contribution in [2.45, 2.75) is 26.8 Å². The average Bonchev–Trinajstić information content (AvgIpc) is 2.07. The molecule has 0 spiro atoms. The van der Waals surface area contributed by atoms with Crippen molar-refractivity contribution in [3.8, 4) is 0 Å². The van der Waals surface area contributed by atoms with Crippen LogP contribution in [0, 0.1) is 8.99 Å². The topological polar surface area (TPSA) is 26.0 Å². The van der Waals surface area contributed by atoms with Crippen LogP contribution in [0.25, 0.3) is 0 Å². The van der Waals surface area contributed by atoms with Crippen molar-refractivity contribution in [2.24, 2.45) is 11.1 Å². The Morgan fingerprint density at radius 3 is 2.43 bits per heavy atom. The zero-order valence-corrected chi connectivity index (χ0v) is 11.6. The fraction of sp³-hybridized carbons (Fsp3) is 0.455. The molecular formula is C11H15ClIN. The molecule has 0 radical (unpaired) electrons. The second-order valence-corrected chi connectivity index (χ2v) is 6.03. The molecule has 0 amide bonds. The Hall–Kier alpha value is 0.200. The minimum atomic E-state index is -0.0234. The SMILES string of the molecule is CC(C)(C)[C@H](N)c1cccc(I)c1Cl. The van der Waals surface area contributed by atoms with Crippen molar-refractivity contribution >= 4 is 34.2 Å². The third-order valence-corrected chi connectivity index (χ3v) is 3.89. The smallest absolute Gasteiger partial charge is 0.0587 e. The summed E-state index contributed by atoms with van der Waals surface area (Å²) in [5, 5.41) is 0.788. The van der Waals surface area contributed by atoms with E-state index in [9.17, 15) is 0 Å². The van der Waals surface area contributed by atoms with Gasteiger partial charge in [-0.2, -0.15) is 0 Å². The molecule has 0 aliphatic rings. The molecule has 0 unspecified atom stereocenters. The second kappa shape index (κ2) is 4.37. The van der Waals surface area contributed by atoms with Gasteiger partial charge in [-0.05, 0) is 39.6 Å². The van der Waals surface area contributed by atoms with E-state index in [2.05, 4.69) is 43.4 Å². The number of hydrogen-bond donors (Lipinski definition) is 1. The van der Waals surface area contributed by atoms with Crippen LogP contribution in [0.3, 0.4) is 0 Å². The minimum Gasteiger partial charge on any atom is -0.323 e. The highest BCUT2D eigenvalue weighted by molar-refractivity contribution is 14.1. The summed E-state index contributed by atoms with van der Waals surface area (Å²) in [5.41, 5.74) is 7.22. The fourth-order valence-corrected chi connectivity index (χ4v) is 1.99. The van der Waals surface area contributed by atoms with Crippen LogP contribution < -0.4 is 5.73 Å². The highest BCUT2D eigenvalue weighted by Crippen LogP contribution is 2.35. The Balaban J connectivity index is 3.14. The summed E-state index contributed by atoms with van der Waals surface area (Å²) in [7, 11) is 0. The third-order valence-electron chi connectivity index (χ3n) is 2.25. The summed E-state index contributed by atoms with van der Waals surface area (Å²) in [4.78, 5) is 0. The van der Waals surface area contributed by atoms with E-state index < -0.39 is 0 Å². The van der Waals surface area contributed by atoms with E-state index in [0.717, 1.165) is 14.2 Å². The number of rotatable bonds is 1. The van der Waals surface area contributed by atoms with Gasteiger partial charge in [0.05, 0.1) is 5.02 Å². The number of halogens is 2. The monoisotopic (exact) mass is 323 g/mol. The first kappa shape index (κ1) is 12.3. The first-order valence-electron chi connectivity index (χ1n) is 4.53. The quantitative estimate of drug-likeness (QED) is 0.777. The molecule has 1 rings (SSSR count). The molecule has 3 heteroatoms. The molecule has 1 aromatic carbocycles. The van der Waals surface area contributed by atoms with Gasteiger partial charge in [0.15, 0.2) is 0 Å². The van der Waals surface area contributed by atoms with E-state index in [-0.39, 0.29) is 11.5 Å². The summed E-state index contributed by atoms with van der Waals surface area (Å²) in [5.74, 6) is 0. The summed E-state index contributed by atoms with van der Waals surface area (Å²) in [6, 6.07) is 5.96. The maximum atomic E-state index is 6.21. The fourth-order valence-electron chi connectivity index (χ4n) is 1.23. The molecule has 2 N–H and O–H groups in total. The Kier molecular flexibility index (Phi) is 3.83. The molecule has 0 saturated heterocycles. The van der Waals surface area contributed by atoms with E-state index >= 15 is 0 Å². The molecule has 0 heterocycles. The Bertz CT molecular complexity index is 331. The van der Waals surface area contributed by atoms with Crippen LogP contribution in [0.2, 0.25) is 5.02 Å². The molecule has 0 bridgehead atoms. The van der Waals surface area contributed by atoms with Gasteiger partial charge in [-0.3, -0.25) is 0 Å². The van der Waals surface area contributed by atoms with Gasteiger partial charge in [0.2, 0.25) is 0 Å². The van der Waals surface area contributed by atoms with Crippen LogP contribution in [0.5, 0.6) is 0 Å². The third kappa shape index (κ3) is 2.61. The van der Waals surface area contributed by atoms with Crippen LogP contribution in [-0.4, -0.2) is 0 Å². The molecule has 0 aromatic heterocycles. The van der Waals surface area contributed by atoms with Crippen molar-refractivity contribution in [2.75, 3.05) is 0 Å². The molecule has 0 fully saturated rings. The molecule has 1 aromatic rings. The van der Waals surface area contributed by atoms with Crippen LogP contribution >= 0.6 is 34.2 Å². The summed E-state index contributed by atoms with van der Waals surface area (Å²) < 4.78 is 1.06. The minimum absolute atomic E-state index is 0.0234. The summed E-state index contributed by atoms with van der Waals surface area (Å²) >= 11 is 8.43. The normalized spacial score (nSPS) is 14.1. The van der Waals surface area contributed by atoms with Crippen molar-refractivity contribution in [1.29, 1.82) is 0 Å². The molecule has 78 valence electrons. The average molecular weight is 324 g/mol. The first-order chi connectivity index (χ1) is 6.34. The molecular weight excluding hydrogens is 308 g/mol. The van der Waals surface area contributed by atoms with E-state index in [1.165, 1.54) is 0 Å². The largest absolute Gasteiger partial charge is 0.323 e. The summed E-state index contributed by atoms with van der Waals surface area (Å²) in [6.07, 6.45) is 0. The summed E-state index contributed by atoms with van der Waals surface area (Å²) in [6.45, 7) is 6.36. The lowest BCUT2D eigenvalue weighted by Crippen LogP contribution is -2.26. The van der Waals surface area contributed by atoms with Gasteiger partial charge in [0.1, 0.15) is 0 Å². The van der Waals surface area contributed by atoms with Gasteiger partial charge in [0, 0.05) is 9.61 Å². The van der Waals surface area contributed by atoms with E-state index in [1.807, 2.05) is 18.2 Å². The van der Waals surface area contributed by atoms with E-state index in [4.69, 9.17) is 17.3 Å². The lowest BCUT2D eigenvalue weighted by molar-refractivity contribution is 0.327. The van der Waals surface area contributed by atoms with Crippen molar-refractivity contribution in [3.05, 3.63) is 32.4 Å². The standard InChI is InChI=1S/C11H15ClIN/c1-11(2,3)10(14)7-5-4-6-8(13)9(7)12/h4-6,10H,14H2,1-3H3/t10-/m1/s1. The molecule has 0 aliphatic heterocycles. The van der Waals surface area contributed by atoms with Gasteiger partial charge < -0.3 is 5.73 Å². The number of benzene rings is 1. The predicted molar refractivity (Wildman–Crippen MR) is 70.6 cm³/mol. The highest BCUT2D eigenvalue weighted by atomic mass is 127. The van der Waals surface area contributed by atoms with Crippen LogP contribution in [-0.2, 0) is 0 Å². The number of nitrogens with two attached hydrogens (primary N) is 1. The Labute approximate surface area is 104 Å². The van der Waals surface area contributed by atoms with E-state index in [1.54, 1.807) is 0 Å². The highest BCUT2D eigenvalue weighted by Gasteiger charge is 2.24. The van der Waals surface area contributed by atoms with Crippen LogP contribution in [0.1, 0.15) is 32.4 Å². The molecule has 0 aliphatic carbocycles. The van der Waals surface area contributed by atoms with Crippen molar-refractivity contribution in [3.63, 3.8) is 0 Å². The number of hydrogen-bond acceptors (Lipinski definition) is 1. The maximum Gasteiger partial charge on any atom is 0.0587 e. The lowest BCUT2D eigenvalue weighted by atomic mass is 9.83. The van der Waals surface area contributed by atoms with Gasteiger partial charge in [-0.1, -0.05) is 44.5 Å². The van der Waals surface area contributed by atoms with Crippen LogP contribution in [0.4, 0.5) is 0 Å². The lowest BCUT2D eigenvalue weighted by Gasteiger charge is -2.28. The van der Waals surface area contributed by atoms with Gasteiger partial charge in [0.25, 0.3) is 0 Å². The molecule has 1 nitrogen and oxygen atoms in total. The van der Waals surface area contributed by atoms with Crippen molar-refractivity contribution < 1.29 is 0 Å². The van der Waals surface area contributed by atoms with E-state index in [0.29, 0.717) is 0 Å². The first-order valence-corrected chi connectivity index (χ1v) is 5.99.